The van der Waals surface area contributed by atoms with Gasteiger partial charge < -0.3 is 16.8 Å². The predicted molar refractivity (Wildman–Crippen MR) is 69.3 cm³/mol. The molecule has 0 aromatic carbocycles. The van der Waals surface area contributed by atoms with E-state index >= 15 is 0 Å². The summed E-state index contributed by atoms with van der Waals surface area (Å²) in [6.07, 6.45) is 1.97. The zero-order chi connectivity index (χ0) is 14.4. The molecule has 2 atom stereocenters. The maximum absolute atomic E-state index is 11.3. The molecule has 0 spiro atoms. The van der Waals surface area contributed by atoms with Crippen molar-refractivity contribution in [2.24, 2.45) is 11.5 Å². The normalized spacial score (nSPS) is 14.1. The molecular formula is C11H20N6O2. The van der Waals surface area contributed by atoms with Gasteiger partial charge in [-0.05, 0) is 14.0 Å². The fourth-order valence-electron chi connectivity index (χ4n) is 1.62. The fourth-order valence-corrected chi connectivity index (χ4v) is 1.62. The Morgan fingerprint density at radius 2 is 2.21 bits per heavy atom. The van der Waals surface area contributed by atoms with Crippen LogP contribution in [0.1, 0.15) is 12.6 Å². The van der Waals surface area contributed by atoms with Gasteiger partial charge in [-0.15, -0.1) is 5.10 Å². The Morgan fingerprint density at radius 1 is 1.53 bits per heavy atom. The Hall–Kier alpha value is -1.64. The summed E-state index contributed by atoms with van der Waals surface area (Å²) in [5, 5.41) is 10.7. The smallest absolute Gasteiger partial charge is 0.163 e. The first-order chi connectivity index (χ1) is 8.97. The number of aromatic nitrogens is 3. The molecule has 0 bridgehead atoms. The number of Topliss-reactive ketones (excluding diaryl/α,β-unsaturated/α-hetero) is 2. The molecule has 8 nitrogen and oxygen atoms in total. The molecule has 1 rings (SSSR count). The van der Waals surface area contributed by atoms with E-state index in [9.17, 15) is 9.59 Å². The van der Waals surface area contributed by atoms with E-state index in [1.807, 2.05) is 0 Å². The van der Waals surface area contributed by atoms with Crippen molar-refractivity contribution in [2.45, 2.75) is 32.0 Å². The van der Waals surface area contributed by atoms with E-state index in [1.165, 1.54) is 6.92 Å². The maximum Gasteiger partial charge on any atom is 0.163 e. The van der Waals surface area contributed by atoms with Crippen molar-refractivity contribution in [2.75, 3.05) is 13.6 Å². The molecule has 1 aromatic heterocycles. The highest BCUT2D eigenvalue weighted by molar-refractivity contribution is 5.85. The molecule has 1 heterocycles. The molecule has 106 valence electrons. The van der Waals surface area contributed by atoms with Gasteiger partial charge in [0.05, 0.1) is 30.9 Å². The molecule has 5 N–H and O–H groups in total. The molecule has 0 amide bonds. The monoisotopic (exact) mass is 268 g/mol. The largest absolute Gasteiger partial charge is 0.324 e. The molecule has 8 heteroatoms. The van der Waals surface area contributed by atoms with Gasteiger partial charge in [0.2, 0.25) is 0 Å². The van der Waals surface area contributed by atoms with Crippen molar-refractivity contribution in [3.63, 3.8) is 0 Å². The van der Waals surface area contributed by atoms with Crippen molar-refractivity contribution in [3.8, 4) is 0 Å². The van der Waals surface area contributed by atoms with Crippen LogP contribution in [0.25, 0.3) is 0 Å². The lowest BCUT2D eigenvalue weighted by Crippen LogP contribution is -2.37. The number of rotatable bonds is 8. The number of nitrogens with zero attached hydrogens (tertiary/aromatic N) is 3. The number of carbonyl (C=O) groups excluding carboxylic acids is 2. The maximum atomic E-state index is 11.3. The minimum Gasteiger partial charge on any atom is -0.324 e. The third-order valence-electron chi connectivity index (χ3n) is 2.84. The molecule has 0 fully saturated rings. The molecule has 1 aromatic rings. The van der Waals surface area contributed by atoms with Crippen molar-refractivity contribution >= 4 is 11.6 Å². The summed E-state index contributed by atoms with van der Waals surface area (Å²) in [6.45, 7) is 1.81. The highest BCUT2D eigenvalue weighted by atomic mass is 16.1. The Bertz CT molecular complexity index is 444. The first-order valence-electron chi connectivity index (χ1n) is 6.03. The first kappa shape index (κ1) is 15.4. The molecule has 0 saturated heterocycles. The lowest BCUT2D eigenvalue weighted by molar-refractivity contribution is -0.119. The Morgan fingerprint density at radius 3 is 2.74 bits per heavy atom. The molecule has 0 unspecified atom stereocenters. The number of hydrogen-bond acceptors (Lipinski definition) is 7. The number of carbonyl (C=O) groups is 2. The average Bonchev–Trinajstić information content (AvgIpc) is 2.81. The van der Waals surface area contributed by atoms with Crippen LogP contribution in [0.15, 0.2) is 6.20 Å². The zero-order valence-corrected chi connectivity index (χ0v) is 11.2. The topological polar surface area (TPSA) is 129 Å². The summed E-state index contributed by atoms with van der Waals surface area (Å²) in [5.41, 5.74) is 11.5. The summed E-state index contributed by atoms with van der Waals surface area (Å²) in [4.78, 5) is 22.6. The number of nitrogens with two attached hydrogens (primary N) is 2. The molecule has 0 aliphatic heterocycles. The average molecular weight is 268 g/mol. The minimum atomic E-state index is -0.664. The molecule has 0 aliphatic carbocycles. The zero-order valence-electron chi connectivity index (χ0n) is 11.2. The predicted octanol–water partition coefficient (Wildman–Crippen LogP) is -2.15. The van der Waals surface area contributed by atoms with Gasteiger partial charge in [-0.2, -0.15) is 0 Å². The second-order valence-electron chi connectivity index (χ2n) is 4.36. The van der Waals surface area contributed by atoms with Crippen molar-refractivity contribution < 1.29 is 9.59 Å². The Labute approximate surface area is 111 Å². The van der Waals surface area contributed by atoms with Crippen molar-refractivity contribution in [3.05, 3.63) is 11.9 Å². The number of likely N-dealkylation sites (N-methyl/N-ethyl adjacent to an activating group) is 1. The van der Waals surface area contributed by atoms with Gasteiger partial charge in [-0.3, -0.25) is 14.3 Å². The molecule has 0 radical (unpaired) electrons. The summed E-state index contributed by atoms with van der Waals surface area (Å²) in [5.74, 6) is -0.194. The highest BCUT2D eigenvalue weighted by Crippen LogP contribution is 2.00. The lowest BCUT2D eigenvalue weighted by Gasteiger charge is -2.11. The van der Waals surface area contributed by atoms with Gasteiger partial charge >= 0.3 is 0 Å². The third kappa shape index (κ3) is 4.51. The Kier molecular flexibility index (Phi) is 5.74. The fraction of sp³-hybridized carbons (Fsp3) is 0.636. The van der Waals surface area contributed by atoms with Crippen LogP contribution in [0.4, 0.5) is 0 Å². The number of hydrogen-bond donors (Lipinski definition) is 3. The van der Waals surface area contributed by atoms with Gasteiger partial charge in [0, 0.05) is 12.6 Å². The molecule has 0 saturated carbocycles. The first-order valence-corrected chi connectivity index (χ1v) is 6.03. The van der Waals surface area contributed by atoms with Crippen LogP contribution in [-0.4, -0.2) is 52.2 Å². The summed E-state index contributed by atoms with van der Waals surface area (Å²) < 4.78 is 1.55. The van der Waals surface area contributed by atoms with Gasteiger partial charge in [0.25, 0.3) is 0 Å². The van der Waals surface area contributed by atoms with E-state index in [1.54, 1.807) is 17.9 Å². The van der Waals surface area contributed by atoms with Gasteiger partial charge in [-0.1, -0.05) is 5.21 Å². The number of nitrogens with one attached hydrogen (secondary N) is 1. The van der Waals surface area contributed by atoms with Crippen LogP contribution in [0.2, 0.25) is 0 Å². The Balaban J connectivity index is 2.62. The van der Waals surface area contributed by atoms with Crippen LogP contribution in [0, 0.1) is 0 Å². The van der Waals surface area contributed by atoms with Crippen LogP contribution < -0.4 is 16.8 Å². The lowest BCUT2D eigenvalue weighted by atomic mass is 10.1. The van der Waals surface area contributed by atoms with Crippen LogP contribution in [-0.2, 0) is 22.6 Å². The SMILES string of the molecule is CN[C@@H](Cn1cc(C[C@H](N)C(=O)CN)nn1)C(C)=O. The van der Waals surface area contributed by atoms with Crippen molar-refractivity contribution in [1.29, 1.82) is 0 Å². The number of ketones is 2. The van der Waals surface area contributed by atoms with Crippen LogP contribution >= 0.6 is 0 Å². The molecule has 0 aliphatic rings. The quantitative estimate of drug-likeness (QED) is 0.490. The van der Waals surface area contributed by atoms with Gasteiger partial charge in [0.1, 0.15) is 5.78 Å². The van der Waals surface area contributed by atoms with Crippen molar-refractivity contribution in [1.82, 2.24) is 20.3 Å². The van der Waals surface area contributed by atoms with E-state index < -0.39 is 6.04 Å². The second kappa shape index (κ2) is 7.07. The summed E-state index contributed by atoms with van der Waals surface area (Å²) >= 11 is 0. The van der Waals surface area contributed by atoms with Gasteiger partial charge in [-0.25, -0.2) is 0 Å². The van der Waals surface area contributed by atoms with Crippen LogP contribution in [0.5, 0.6) is 0 Å². The van der Waals surface area contributed by atoms with E-state index in [4.69, 9.17) is 11.5 Å². The molecule has 19 heavy (non-hydrogen) atoms. The second-order valence-corrected chi connectivity index (χ2v) is 4.36. The van der Waals surface area contributed by atoms with E-state index in [2.05, 4.69) is 15.6 Å². The minimum absolute atomic E-state index is 0.0227. The van der Waals surface area contributed by atoms with E-state index in [0.29, 0.717) is 18.7 Å². The van der Waals surface area contributed by atoms with Gasteiger partial charge in [0.15, 0.2) is 5.78 Å². The third-order valence-corrected chi connectivity index (χ3v) is 2.84. The van der Waals surface area contributed by atoms with Crippen LogP contribution in [0.3, 0.4) is 0 Å². The summed E-state index contributed by atoms with van der Waals surface area (Å²) in [7, 11) is 1.71. The summed E-state index contributed by atoms with van der Waals surface area (Å²) in [6, 6.07) is -0.975. The van der Waals surface area contributed by atoms with E-state index in [0.717, 1.165) is 0 Å². The standard InChI is InChI=1S/C11H20N6O2/c1-7(18)10(14-2)6-17-5-8(15-16-17)3-9(13)11(19)4-12/h5,9-10,14H,3-4,6,12-13H2,1-2H3/t9-,10-/m0/s1. The van der Waals surface area contributed by atoms with E-state index in [-0.39, 0.29) is 24.2 Å². The highest BCUT2D eigenvalue weighted by Gasteiger charge is 2.16. The molecular weight excluding hydrogens is 248 g/mol.